The fraction of sp³-hybridized carbons (Fsp3) is 0.889. The summed E-state index contributed by atoms with van der Waals surface area (Å²) in [6.07, 6.45) is 1.05. The van der Waals surface area contributed by atoms with Crippen LogP contribution in [0.15, 0.2) is 0 Å². The average molecular weight is 197 g/mol. The largest absolute Gasteiger partial charge is 0.313 e. The fourth-order valence-electron chi connectivity index (χ4n) is 1.67. The van der Waals surface area contributed by atoms with Crippen molar-refractivity contribution in [1.82, 2.24) is 25.5 Å². The second-order valence-electron chi connectivity index (χ2n) is 3.79. The van der Waals surface area contributed by atoms with Gasteiger partial charge in [0, 0.05) is 0 Å². The maximum absolute atomic E-state index is 4.04. The van der Waals surface area contributed by atoms with Crippen molar-refractivity contribution in [3.63, 3.8) is 0 Å². The zero-order valence-electron chi connectivity index (χ0n) is 9.36. The Hall–Kier alpha value is -0.970. The van der Waals surface area contributed by atoms with E-state index in [-0.39, 0.29) is 0 Å². The van der Waals surface area contributed by atoms with Crippen molar-refractivity contribution < 1.29 is 0 Å². The maximum Gasteiger partial charge on any atom is 0.165 e. The van der Waals surface area contributed by atoms with E-state index in [1.165, 1.54) is 0 Å². The number of tetrazole rings is 1. The summed E-state index contributed by atoms with van der Waals surface area (Å²) in [6, 6.07) is 0.397. The zero-order chi connectivity index (χ0) is 10.6. The molecule has 0 aliphatic heterocycles. The molecule has 0 aliphatic rings. The van der Waals surface area contributed by atoms with Crippen LogP contribution in [-0.2, 0) is 6.54 Å². The van der Waals surface area contributed by atoms with Crippen LogP contribution >= 0.6 is 0 Å². The van der Waals surface area contributed by atoms with Gasteiger partial charge >= 0.3 is 0 Å². The van der Waals surface area contributed by atoms with Gasteiger partial charge in [-0.1, -0.05) is 20.8 Å². The molecule has 1 N–H and O–H groups in total. The highest BCUT2D eigenvalue weighted by Gasteiger charge is 2.18. The third-order valence-electron chi connectivity index (χ3n) is 2.40. The minimum atomic E-state index is 0.397. The van der Waals surface area contributed by atoms with Crippen molar-refractivity contribution in [2.75, 3.05) is 7.05 Å². The Morgan fingerprint density at radius 3 is 2.64 bits per heavy atom. The molecule has 1 aromatic heterocycles. The van der Waals surface area contributed by atoms with Crippen LogP contribution in [0.25, 0.3) is 0 Å². The lowest BCUT2D eigenvalue weighted by atomic mass is 10.0. The molecular formula is C9H19N5. The van der Waals surface area contributed by atoms with E-state index < -0.39 is 0 Å². The van der Waals surface area contributed by atoms with E-state index in [4.69, 9.17) is 0 Å². The van der Waals surface area contributed by atoms with Gasteiger partial charge in [-0.15, -0.1) is 5.10 Å². The Balaban J connectivity index is 2.86. The molecule has 1 rings (SSSR count). The molecule has 1 aromatic rings. The lowest BCUT2D eigenvalue weighted by molar-refractivity contribution is 0.320. The molecule has 5 heteroatoms. The van der Waals surface area contributed by atoms with Crippen molar-refractivity contribution >= 4 is 0 Å². The van der Waals surface area contributed by atoms with Gasteiger partial charge < -0.3 is 5.32 Å². The first-order chi connectivity index (χ1) is 6.70. The lowest BCUT2D eigenvalue weighted by Crippen LogP contribution is -2.21. The van der Waals surface area contributed by atoms with Crippen molar-refractivity contribution in [2.24, 2.45) is 5.92 Å². The number of rotatable bonds is 5. The van der Waals surface area contributed by atoms with E-state index in [2.05, 4.69) is 41.6 Å². The Labute approximate surface area is 84.9 Å². The Morgan fingerprint density at radius 1 is 1.43 bits per heavy atom. The van der Waals surface area contributed by atoms with Crippen LogP contribution in [0.4, 0.5) is 0 Å². The molecule has 0 spiro atoms. The predicted molar refractivity (Wildman–Crippen MR) is 54.7 cm³/mol. The molecule has 0 aromatic carbocycles. The minimum absolute atomic E-state index is 0.397. The first kappa shape index (κ1) is 11.1. The van der Waals surface area contributed by atoms with Gasteiger partial charge in [-0.3, -0.25) is 0 Å². The van der Waals surface area contributed by atoms with E-state index >= 15 is 0 Å². The molecule has 80 valence electrons. The number of nitrogens with one attached hydrogen (secondary N) is 1. The normalized spacial score (nSPS) is 13.5. The third kappa shape index (κ3) is 2.29. The SMILES string of the molecule is CCC(C(C)C)n1nnnc1CNC. The first-order valence-electron chi connectivity index (χ1n) is 5.12. The molecule has 14 heavy (non-hydrogen) atoms. The number of aromatic nitrogens is 4. The number of hydrogen-bond donors (Lipinski definition) is 1. The van der Waals surface area contributed by atoms with E-state index in [1.54, 1.807) is 0 Å². The van der Waals surface area contributed by atoms with Crippen molar-refractivity contribution in [3.8, 4) is 0 Å². The van der Waals surface area contributed by atoms with Gasteiger partial charge in [0.25, 0.3) is 0 Å². The molecule has 0 fully saturated rings. The van der Waals surface area contributed by atoms with Crippen LogP contribution in [0.3, 0.4) is 0 Å². The molecule has 0 saturated heterocycles. The molecule has 0 amide bonds. The summed E-state index contributed by atoms with van der Waals surface area (Å²) in [5.41, 5.74) is 0. The molecular weight excluding hydrogens is 178 g/mol. The van der Waals surface area contributed by atoms with Gasteiger partial charge in [-0.2, -0.15) is 0 Å². The highest BCUT2D eigenvalue weighted by molar-refractivity contribution is 4.84. The van der Waals surface area contributed by atoms with Crippen LogP contribution in [0.5, 0.6) is 0 Å². The van der Waals surface area contributed by atoms with Gasteiger partial charge in [0.05, 0.1) is 12.6 Å². The summed E-state index contributed by atoms with van der Waals surface area (Å²) >= 11 is 0. The Morgan fingerprint density at radius 2 is 2.14 bits per heavy atom. The molecule has 1 heterocycles. The van der Waals surface area contributed by atoms with Crippen LogP contribution in [-0.4, -0.2) is 27.3 Å². The summed E-state index contributed by atoms with van der Waals surface area (Å²) in [5.74, 6) is 1.46. The van der Waals surface area contributed by atoms with Gasteiger partial charge in [-0.25, -0.2) is 4.68 Å². The minimum Gasteiger partial charge on any atom is -0.313 e. The highest BCUT2D eigenvalue weighted by Crippen LogP contribution is 2.20. The molecule has 0 radical (unpaired) electrons. The summed E-state index contributed by atoms with van der Waals surface area (Å²) in [5, 5.41) is 14.8. The molecule has 0 bridgehead atoms. The van der Waals surface area contributed by atoms with Crippen molar-refractivity contribution in [2.45, 2.75) is 39.8 Å². The van der Waals surface area contributed by atoms with Gasteiger partial charge in [-0.05, 0) is 29.8 Å². The van der Waals surface area contributed by atoms with Crippen molar-refractivity contribution in [3.05, 3.63) is 5.82 Å². The lowest BCUT2D eigenvalue weighted by Gasteiger charge is -2.19. The van der Waals surface area contributed by atoms with Crippen LogP contribution in [0.2, 0.25) is 0 Å². The molecule has 0 aliphatic carbocycles. The van der Waals surface area contributed by atoms with Crippen molar-refractivity contribution in [1.29, 1.82) is 0 Å². The first-order valence-corrected chi connectivity index (χ1v) is 5.12. The second kappa shape index (κ2) is 5.05. The van der Waals surface area contributed by atoms with Crippen LogP contribution in [0.1, 0.15) is 39.1 Å². The smallest absolute Gasteiger partial charge is 0.165 e. The quantitative estimate of drug-likeness (QED) is 0.765. The van der Waals surface area contributed by atoms with Crippen LogP contribution < -0.4 is 5.32 Å². The summed E-state index contributed by atoms with van der Waals surface area (Å²) in [6.45, 7) is 7.27. The molecule has 1 atom stereocenters. The summed E-state index contributed by atoms with van der Waals surface area (Å²) in [7, 11) is 1.90. The van der Waals surface area contributed by atoms with Gasteiger partial charge in [0.2, 0.25) is 0 Å². The zero-order valence-corrected chi connectivity index (χ0v) is 9.36. The summed E-state index contributed by atoms with van der Waals surface area (Å²) < 4.78 is 1.93. The third-order valence-corrected chi connectivity index (χ3v) is 2.40. The predicted octanol–water partition coefficient (Wildman–Crippen LogP) is 1.000. The molecule has 1 unspecified atom stereocenters. The van der Waals surface area contributed by atoms with Gasteiger partial charge in [0.1, 0.15) is 0 Å². The molecule has 5 nitrogen and oxygen atoms in total. The topological polar surface area (TPSA) is 55.6 Å². The van der Waals surface area contributed by atoms with E-state index in [0.717, 1.165) is 18.8 Å². The monoisotopic (exact) mass is 197 g/mol. The number of nitrogens with zero attached hydrogens (tertiary/aromatic N) is 4. The van der Waals surface area contributed by atoms with E-state index in [1.807, 2.05) is 11.7 Å². The van der Waals surface area contributed by atoms with E-state index in [0.29, 0.717) is 12.0 Å². The number of hydrogen-bond acceptors (Lipinski definition) is 4. The maximum atomic E-state index is 4.04. The van der Waals surface area contributed by atoms with Crippen LogP contribution in [0, 0.1) is 5.92 Å². The highest BCUT2D eigenvalue weighted by atomic mass is 15.6. The average Bonchev–Trinajstić information content (AvgIpc) is 2.55. The second-order valence-corrected chi connectivity index (χ2v) is 3.79. The fourth-order valence-corrected chi connectivity index (χ4v) is 1.67. The Bertz CT molecular complexity index is 268. The molecule has 0 saturated carbocycles. The van der Waals surface area contributed by atoms with E-state index in [9.17, 15) is 0 Å². The Kier molecular flexibility index (Phi) is 4.00. The van der Waals surface area contributed by atoms with Gasteiger partial charge in [0.15, 0.2) is 5.82 Å². The summed E-state index contributed by atoms with van der Waals surface area (Å²) in [4.78, 5) is 0. The standard InChI is InChI=1S/C9H19N5/c1-5-8(7(2)3)14-9(6-10-4)11-12-13-14/h7-8,10H,5-6H2,1-4H3.